The maximum atomic E-state index is 14.1. The molecule has 1 atom stereocenters. The van der Waals surface area contributed by atoms with E-state index < -0.39 is 16.9 Å². The average molecular weight is 865 g/mol. The minimum atomic E-state index is -0.789. The predicted octanol–water partition coefficient (Wildman–Crippen LogP) is 6.28. The summed E-state index contributed by atoms with van der Waals surface area (Å²) in [4.78, 5) is 43.1. The van der Waals surface area contributed by atoms with Crippen molar-refractivity contribution in [3.63, 3.8) is 0 Å². The van der Waals surface area contributed by atoms with E-state index in [2.05, 4.69) is 50.2 Å². The zero-order chi connectivity index (χ0) is 33.1. The van der Waals surface area contributed by atoms with Crippen LogP contribution in [0.1, 0.15) is 50.4 Å². The van der Waals surface area contributed by atoms with Crippen LogP contribution in [0.4, 0.5) is 5.69 Å². The molecule has 1 aromatic heterocycles. The van der Waals surface area contributed by atoms with Gasteiger partial charge in [-0.3, -0.25) is 19.5 Å². The van der Waals surface area contributed by atoms with Gasteiger partial charge in [0.1, 0.15) is 24.1 Å². The third-order valence-electron chi connectivity index (χ3n) is 6.94. The van der Waals surface area contributed by atoms with Crippen molar-refractivity contribution in [3.8, 4) is 11.5 Å². The van der Waals surface area contributed by atoms with E-state index in [4.69, 9.17) is 14.2 Å². The van der Waals surface area contributed by atoms with Gasteiger partial charge in [0.15, 0.2) is 4.80 Å². The van der Waals surface area contributed by atoms with Gasteiger partial charge in [-0.2, -0.15) is 0 Å². The molecular weight excluding hydrogens is 836 g/mol. The molecule has 0 N–H and O–H groups in total. The van der Waals surface area contributed by atoms with Gasteiger partial charge in [0.2, 0.25) is 0 Å². The summed E-state index contributed by atoms with van der Waals surface area (Å²) < 4.78 is 21.3. The van der Waals surface area contributed by atoms with Crippen molar-refractivity contribution in [1.82, 2.24) is 4.57 Å². The summed E-state index contributed by atoms with van der Waals surface area (Å²) in [6.07, 6.45) is 1.68. The average Bonchev–Trinajstić information content (AvgIpc) is 3.30. The molecule has 10 nitrogen and oxygen atoms in total. The molecule has 0 saturated carbocycles. The van der Waals surface area contributed by atoms with Gasteiger partial charge in [-0.1, -0.05) is 29.5 Å². The first-order valence-corrected chi connectivity index (χ1v) is 17.3. The third-order valence-corrected chi connectivity index (χ3v) is 9.53. The van der Waals surface area contributed by atoms with Crippen LogP contribution in [0.25, 0.3) is 6.08 Å². The molecule has 5 rings (SSSR count). The molecule has 3 aromatic carbocycles. The molecule has 0 spiro atoms. The molecule has 0 bridgehead atoms. The highest BCUT2D eigenvalue weighted by molar-refractivity contribution is 14.1. The van der Waals surface area contributed by atoms with Crippen LogP contribution in [0, 0.1) is 17.3 Å². The Morgan fingerprint density at radius 3 is 2.43 bits per heavy atom. The van der Waals surface area contributed by atoms with E-state index in [0.29, 0.717) is 37.7 Å². The molecule has 0 radical (unpaired) electrons. The van der Waals surface area contributed by atoms with Crippen LogP contribution >= 0.6 is 56.5 Å². The number of allylic oxidation sites excluding steroid dienone is 1. The molecule has 0 fully saturated rings. The van der Waals surface area contributed by atoms with Crippen LogP contribution in [0.2, 0.25) is 0 Å². The number of aromatic nitrogens is 1. The molecule has 1 aliphatic heterocycles. The first-order chi connectivity index (χ1) is 22.0. The SMILES string of the molecule is CCOC(=O)C1=C(C)N=c2s/c(=C/c3cc(I)c(OCc4ccc([N+](=O)[O-])cc4)c(I)c3)c(=O)n2[C@@H]1c1ccccc1OC(C)C. The number of nitro benzene ring substituents is 1. The number of ether oxygens (including phenoxy) is 3. The number of carbonyl (C=O) groups excluding carboxylic acids is 1. The van der Waals surface area contributed by atoms with Crippen LogP contribution < -0.4 is 24.4 Å². The number of hydrogen-bond acceptors (Lipinski definition) is 9. The lowest BCUT2D eigenvalue weighted by Gasteiger charge is -2.26. The van der Waals surface area contributed by atoms with Gasteiger partial charge in [-0.15, -0.1) is 0 Å². The van der Waals surface area contributed by atoms with Gasteiger partial charge in [0, 0.05) is 17.7 Å². The highest BCUT2D eigenvalue weighted by atomic mass is 127. The summed E-state index contributed by atoms with van der Waals surface area (Å²) in [5, 5.41) is 10.9. The molecule has 2 heterocycles. The molecule has 4 aromatic rings. The number of hydrogen-bond donors (Lipinski definition) is 0. The lowest BCUT2D eigenvalue weighted by molar-refractivity contribution is -0.384. The van der Waals surface area contributed by atoms with Gasteiger partial charge in [0.25, 0.3) is 11.2 Å². The Labute approximate surface area is 295 Å². The number of thiazole rings is 1. The highest BCUT2D eigenvalue weighted by Gasteiger charge is 2.35. The number of nitro groups is 1. The van der Waals surface area contributed by atoms with E-state index in [-0.39, 0.29) is 30.6 Å². The number of fused-ring (bicyclic) bond motifs is 1. The van der Waals surface area contributed by atoms with Crippen molar-refractivity contribution in [2.75, 3.05) is 6.61 Å². The van der Waals surface area contributed by atoms with E-state index in [1.54, 1.807) is 30.5 Å². The summed E-state index contributed by atoms with van der Waals surface area (Å²) >= 11 is 5.63. The standard InChI is InChI=1S/C33H29I2N3O7S/c1-5-43-32(40)28-19(4)36-33-37(29(28)23-8-6-7-9-26(23)45-18(2)3)31(39)27(46-33)16-21-14-24(34)30(25(35)15-21)44-17-20-10-12-22(13-11-20)38(41)42/h6-16,18,29H,5,17H2,1-4H3/b27-16+/t29-/m1/s1. The monoisotopic (exact) mass is 865 g/mol. The molecule has 0 aliphatic carbocycles. The van der Waals surface area contributed by atoms with E-state index in [9.17, 15) is 19.7 Å². The molecule has 1 aliphatic rings. The smallest absolute Gasteiger partial charge is 0.338 e. The quantitative estimate of drug-likeness (QED) is 0.0797. The predicted molar refractivity (Wildman–Crippen MR) is 192 cm³/mol. The number of halogens is 2. The molecule has 46 heavy (non-hydrogen) atoms. The zero-order valence-electron chi connectivity index (χ0n) is 25.3. The van der Waals surface area contributed by atoms with Gasteiger partial charge in [-0.05, 0) is 120 Å². The molecule has 0 unspecified atom stereocenters. The summed E-state index contributed by atoms with van der Waals surface area (Å²) in [7, 11) is 0. The summed E-state index contributed by atoms with van der Waals surface area (Å²) in [5.41, 5.74) is 2.77. The Bertz CT molecular complexity index is 2010. The summed E-state index contributed by atoms with van der Waals surface area (Å²) in [6, 6.07) is 16.7. The molecule has 238 valence electrons. The van der Waals surface area contributed by atoms with E-state index in [1.165, 1.54) is 23.5 Å². The van der Waals surface area contributed by atoms with Crippen LogP contribution in [-0.4, -0.2) is 28.2 Å². The van der Waals surface area contributed by atoms with Crippen molar-refractivity contribution in [2.24, 2.45) is 4.99 Å². The van der Waals surface area contributed by atoms with E-state index in [1.807, 2.05) is 56.3 Å². The second-order valence-electron chi connectivity index (χ2n) is 10.5. The Morgan fingerprint density at radius 2 is 1.80 bits per heavy atom. The Kier molecular flexibility index (Phi) is 10.6. The largest absolute Gasteiger partial charge is 0.491 e. The van der Waals surface area contributed by atoms with E-state index in [0.717, 1.165) is 18.3 Å². The van der Waals surface area contributed by atoms with Crippen LogP contribution in [0.5, 0.6) is 11.5 Å². The minimum absolute atomic E-state index is 0.0224. The summed E-state index contributed by atoms with van der Waals surface area (Å²) in [5.74, 6) is 0.715. The fourth-order valence-corrected chi connectivity index (χ4v) is 8.15. The Morgan fingerprint density at radius 1 is 1.13 bits per heavy atom. The third kappa shape index (κ3) is 7.20. The Hall–Kier alpha value is -3.57. The van der Waals surface area contributed by atoms with Gasteiger partial charge >= 0.3 is 5.97 Å². The first kappa shape index (κ1) is 33.8. The lowest BCUT2D eigenvalue weighted by atomic mass is 9.95. The zero-order valence-corrected chi connectivity index (χ0v) is 30.4. The van der Waals surface area contributed by atoms with Crippen LogP contribution in [-0.2, 0) is 16.1 Å². The molecule has 13 heteroatoms. The van der Waals surface area contributed by atoms with Crippen molar-refractivity contribution in [3.05, 3.63) is 126 Å². The van der Waals surface area contributed by atoms with Crippen molar-refractivity contribution < 1.29 is 23.9 Å². The van der Waals surface area contributed by atoms with Crippen LogP contribution in [0.15, 0.2) is 81.7 Å². The van der Waals surface area contributed by atoms with Crippen LogP contribution in [0.3, 0.4) is 0 Å². The maximum absolute atomic E-state index is 14.1. The fourth-order valence-electron chi connectivity index (χ4n) is 4.97. The molecular formula is C33H29I2N3O7S. The fraction of sp³-hybridized carbons (Fsp3) is 0.242. The number of benzene rings is 3. The van der Waals surface area contributed by atoms with Gasteiger partial charge < -0.3 is 14.2 Å². The van der Waals surface area contributed by atoms with Crippen molar-refractivity contribution >= 4 is 74.3 Å². The van der Waals surface area contributed by atoms with E-state index >= 15 is 0 Å². The summed E-state index contributed by atoms with van der Waals surface area (Å²) in [6.45, 7) is 7.76. The Balaban J connectivity index is 1.54. The number of carbonyl (C=O) groups is 1. The number of rotatable bonds is 10. The van der Waals surface area contributed by atoms with Gasteiger partial charge in [0.05, 0.1) is 40.6 Å². The second kappa shape index (κ2) is 14.5. The maximum Gasteiger partial charge on any atom is 0.338 e. The van der Waals surface area contributed by atoms with Crippen molar-refractivity contribution in [1.29, 1.82) is 0 Å². The molecule has 0 amide bonds. The number of para-hydroxylation sites is 1. The molecule has 0 saturated heterocycles. The lowest BCUT2D eigenvalue weighted by Crippen LogP contribution is -2.40. The number of non-ortho nitro benzene ring substituents is 1. The highest BCUT2D eigenvalue weighted by Crippen LogP contribution is 2.36. The second-order valence-corrected chi connectivity index (χ2v) is 13.9. The normalized spacial score (nSPS) is 14.6. The first-order valence-electron chi connectivity index (χ1n) is 14.3. The topological polar surface area (TPSA) is 122 Å². The number of nitrogens with zero attached hydrogens (tertiary/aromatic N) is 3. The minimum Gasteiger partial charge on any atom is -0.491 e. The van der Waals surface area contributed by atoms with Gasteiger partial charge in [-0.25, -0.2) is 9.79 Å². The number of esters is 1. The van der Waals surface area contributed by atoms with Crippen molar-refractivity contribution in [2.45, 2.75) is 46.4 Å².